The van der Waals surface area contributed by atoms with Crippen LogP contribution < -0.4 is 25.8 Å². The first-order valence-corrected chi connectivity index (χ1v) is 8.19. The zero-order chi connectivity index (χ0) is 18.9. The smallest absolute Gasteiger partial charge is 0.242 e. The van der Waals surface area contributed by atoms with Crippen molar-refractivity contribution in [1.29, 1.82) is 0 Å². The minimum Gasteiger partial charge on any atom is -0.497 e. The number of hydrogen-bond donors (Lipinski definition) is 3. The van der Waals surface area contributed by atoms with Gasteiger partial charge in [0.25, 0.3) is 0 Å². The summed E-state index contributed by atoms with van der Waals surface area (Å²) in [6.45, 7) is 0.318. The summed E-state index contributed by atoms with van der Waals surface area (Å²) in [6, 6.07) is 12.5. The van der Waals surface area contributed by atoms with Crippen molar-refractivity contribution < 1.29 is 14.3 Å². The third-order valence-electron chi connectivity index (χ3n) is 3.47. The van der Waals surface area contributed by atoms with Crippen LogP contribution in [0.5, 0.6) is 11.5 Å². The van der Waals surface area contributed by atoms with E-state index in [4.69, 9.17) is 26.8 Å². The molecule has 0 aliphatic rings. The number of methoxy groups -OCH3 is 2. The lowest BCUT2D eigenvalue weighted by atomic mass is 10.2. The molecule has 0 aromatic heterocycles. The summed E-state index contributed by atoms with van der Waals surface area (Å²) < 4.78 is 10.2. The predicted molar refractivity (Wildman–Crippen MR) is 118 cm³/mol. The Bertz CT molecular complexity index is 785. The Morgan fingerprint density at radius 1 is 1.15 bits per heavy atom. The maximum Gasteiger partial charge on any atom is 0.242 e. The lowest BCUT2D eigenvalue weighted by Gasteiger charge is -2.09. The summed E-state index contributed by atoms with van der Waals surface area (Å²) in [4.78, 5) is 15.9. The van der Waals surface area contributed by atoms with Gasteiger partial charge in [-0.1, -0.05) is 23.7 Å². The van der Waals surface area contributed by atoms with E-state index in [9.17, 15) is 4.79 Å². The van der Waals surface area contributed by atoms with E-state index in [2.05, 4.69) is 15.6 Å². The first-order chi connectivity index (χ1) is 12.5. The molecule has 0 aliphatic heterocycles. The molecule has 0 spiro atoms. The van der Waals surface area contributed by atoms with Crippen LogP contribution >= 0.6 is 35.6 Å². The maximum absolute atomic E-state index is 11.9. The minimum absolute atomic E-state index is 0. The van der Waals surface area contributed by atoms with Crippen molar-refractivity contribution in [3.8, 4) is 11.5 Å². The van der Waals surface area contributed by atoms with Crippen molar-refractivity contribution >= 4 is 53.1 Å². The number of guanidine groups is 1. The molecule has 146 valence electrons. The second-order valence-corrected chi connectivity index (χ2v) is 5.71. The van der Waals surface area contributed by atoms with Gasteiger partial charge in [-0.15, -0.1) is 24.0 Å². The van der Waals surface area contributed by atoms with Gasteiger partial charge in [-0.2, -0.15) is 0 Å². The van der Waals surface area contributed by atoms with Crippen LogP contribution in [0.25, 0.3) is 0 Å². The number of carbonyl (C=O) groups is 1. The number of carbonyl (C=O) groups excluding carboxylic acids is 1. The van der Waals surface area contributed by atoms with Gasteiger partial charge in [0, 0.05) is 12.2 Å². The SMILES string of the molecule is COc1ccc(CNC(=O)CN=C(N)Nc2ccc(OC)c(Cl)c2)cc1.I. The number of hydrogen-bond acceptors (Lipinski definition) is 4. The molecule has 0 unspecified atom stereocenters. The Hall–Kier alpha value is -2.20. The Morgan fingerprint density at radius 2 is 1.85 bits per heavy atom. The summed E-state index contributed by atoms with van der Waals surface area (Å²) in [5.41, 5.74) is 7.39. The van der Waals surface area contributed by atoms with Gasteiger partial charge < -0.3 is 25.8 Å². The van der Waals surface area contributed by atoms with Crippen molar-refractivity contribution in [2.24, 2.45) is 10.7 Å². The summed E-state index contributed by atoms with van der Waals surface area (Å²) in [5.74, 6) is 1.21. The minimum atomic E-state index is -0.238. The molecule has 4 N–H and O–H groups in total. The number of anilines is 1. The van der Waals surface area contributed by atoms with Crippen LogP contribution in [-0.4, -0.2) is 32.6 Å². The molecule has 0 fully saturated rings. The van der Waals surface area contributed by atoms with Crippen LogP contribution in [0.1, 0.15) is 5.56 Å². The van der Waals surface area contributed by atoms with Crippen LogP contribution in [0, 0.1) is 0 Å². The molecular formula is C18H22ClIN4O3. The molecule has 0 radical (unpaired) electrons. The number of halogens is 2. The quantitative estimate of drug-likeness (QED) is 0.306. The maximum atomic E-state index is 11.9. The standard InChI is InChI=1S/C18H21ClN4O3.HI/c1-25-14-6-3-12(4-7-14)10-21-17(24)11-22-18(20)23-13-5-8-16(26-2)15(19)9-13;/h3-9H,10-11H2,1-2H3,(H,21,24)(H3,20,22,23);1H. The number of nitrogens with one attached hydrogen (secondary N) is 2. The lowest BCUT2D eigenvalue weighted by Crippen LogP contribution is -2.28. The van der Waals surface area contributed by atoms with Crippen molar-refractivity contribution in [3.05, 3.63) is 53.1 Å². The molecule has 2 aromatic rings. The van der Waals surface area contributed by atoms with E-state index in [0.717, 1.165) is 11.3 Å². The van der Waals surface area contributed by atoms with E-state index in [1.165, 1.54) is 7.11 Å². The summed E-state index contributed by atoms with van der Waals surface area (Å²) in [6.07, 6.45) is 0. The van der Waals surface area contributed by atoms with E-state index < -0.39 is 0 Å². The molecular weight excluding hydrogens is 483 g/mol. The fourth-order valence-corrected chi connectivity index (χ4v) is 2.35. The van der Waals surface area contributed by atoms with E-state index in [-0.39, 0.29) is 42.4 Å². The summed E-state index contributed by atoms with van der Waals surface area (Å²) >= 11 is 6.04. The van der Waals surface area contributed by atoms with Gasteiger partial charge in [0.2, 0.25) is 5.91 Å². The predicted octanol–water partition coefficient (Wildman–Crippen LogP) is 3.02. The number of nitrogens with zero attached hydrogens (tertiary/aromatic N) is 1. The fraction of sp³-hybridized carbons (Fsp3) is 0.222. The highest BCUT2D eigenvalue weighted by Crippen LogP contribution is 2.26. The highest BCUT2D eigenvalue weighted by molar-refractivity contribution is 14.0. The van der Waals surface area contributed by atoms with Crippen LogP contribution in [-0.2, 0) is 11.3 Å². The van der Waals surface area contributed by atoms with Gasteiger partial charge in [-0.25, -0.2) is 4.99 Å². The van der Waals surface area contributed by atoms with E-state index in [1.807, 2.05) is 24.3 Å². The summed E-state index contributed by atoms with van der Waals surface area (Å²) in [7, 11) is 3.14. The average molecular weight is 505 g/mol. The number of amides is 1. The average Bonchev–Trinajstić information content (AvgIpc) is 2.65. The summed E-state index contributed by atoms with van der Waals surface area (Å²) in [5, 5.41) is 6.09. The first-order valence-electron chi connectivity index (χ1n) is 7.82. The molecule has 9 heteroatoms. The second-order valence-electron chi connectivity index (χ2n) is 5.30. The highest BCUT2D eigenvalue weighted by atomic mass is 127. The van der Waals surface area contributed by atoms with Crippen molar-refractivity contribution in [1.82, 2.24) is 5.32 Å². The molecule has 1 amide bonds. The van der Waals surface area contributed by atoms with Crippen LogP contribution in [0.4, 0.5) is 5.69 Å². The fourth-order valence-electron chi connectivity index (χ4n) is 2.09. The van der Waals surface area contributed by atoms with Crippen LogP contribution in [0.15, 0.2) is 47.5 Å². The molecule has 0 aliphatic carbocycles. The van der Waals surface area contributed by atoms with Gasteiger partial charge in [-0.05, 0) is 35.9 Å². The van der Waals surface area contributed by atoms with Gasteiger partial charge in [-0.3, -0.25) is 4.79 Å². The molecule has 2 rings (SSSR count). The van der Waals surface area contributed by atoms with Gasteiger partial charge in [0.1, 0.15) is 18.0 Å². The Balaban J connectivity index is 0.00000364. The molecule has 0 heterocycles. The zero-order valence-corrected chi connectivity index (χ0v) is 18.1. The van der Waals surface area contributed by atoms with Gasteiger partial charge >= 0.3 is 0 Å². The largest absolute Gasteiger partial charge is 0.497 e. The molecule has 0 bridgehead atoms. The molecule has 0 saturated heterocycles. The molecule has 27 heavy (non-hydrogen) atoms. The first kappa shape index (κ1) is 22.8. The Morgan fingerprint density at radius 3 is 2.44 bits per heavy atom. The number of ether oxygens (including phenoxy) is 2. The zero-order valence-electron chi connectivity index (χ0n) is 15.0. The molecule has 0 saturated carbocycles. The van der Waals surface area contributed by atoms with Gasteiger partial charge in [0.15, 0.2) is 5.96 Å². The van der Waals surface area contributed by atoms with E-state index in [1.54, 1.807) is 25.3 Å². The number of aliphatic imine (C=N–C) groups is 1. The highest BCUT2D eigenvalue weighted by Gasteiger charge is 2.04. The Kier molecular flexibility index (Phi) is 9.73. The number of rotatable bonds is 7. The molecule has 0 atom stereocenters. The van der Waals surface area contributed by atoms with E-state index >= 15 is 0 Å². The topological polar surface area (TPSA) is 98.0 Å². The molecule has 2 aromatic carbocycles. The van der Waals surface area contributed by atoms with Crippen LogP contribution in [0.2, 0.25) is 5.02 Å². The van der Waals surface area contributed by atoms with Crippen molar-refractivity contribution in [2.75, 3.05) is 26.1 Å². The second kappa shape index (κ2) is 11.5. The van der Waals surface area contributed by atoms with E-state index in [0.29, 0.717) is 23.0 Å². The third-order valence-corrected chi connectivity index (χ3v) is 3.76. The van der Waals surface area contributed by atoms with Crippen molar-refractivity contribution in [3.63, 3.8) is 0 Å². The van der Waals surface area contributed by atoms with Crippen molar-refractivity contribution in [2.45, 2.75) is 6.54 Å². The Labute approximate surface area is 180 Å². The third kappa shape index (κ3) is 7.51. The monoisotopic (exact) mass is 504 g/mol. The lowest BCUT2D eigenvalue weighted by molar-refractivity contribution is -0.119. The number of benzene rings is 2. The molecule has 7 nitrogen and oxygen atoms in total. The van der Waals surface area contributed by atoms with Gasteiger partial charge in [0.05, 0.1) is 19.2 Å². The normalized spacial score (nSPS) is 10.6. The van der Waals surface area contributed by atoms with Crippen LogP contribution in [0.3, 0.4) is 0 Å². The number of nitrogens with two attached hydrogens (primary N) is 1.